The SMILES string of the molecule is CC(N)C(F)C1CCS(=O)(=O)C1. The Bertz CT molecular complexity index is 250. The minimum Gasteiger partial charge on any atom is -0.325 e. The molecular weight excluding hydrogens is 181 g/mol. The van der Waals surface area contributed by atoms with Crippen LogP contribution in [0.15, 0.2) is 0 Å². The molecule has 1 heterocycles. The molecule has 3 atom stereocenters. The first-order valence-electron chi connectivity index (χ1n) is 4.02. The van der Waals surface area contributed by atoms with Gasteiger partial charge in [-0.25, -0.2) is 12.8 Å². The third-order valence-electron chi connectivity index (χ3n) is 2.22. The molecule has 0 saturated carbocycles. The number of hydrogen-bond donors (Lipinski definition) is 1. The molecule has 0 radical (unpaired) electrons. The fourth-order valence-corrected chi connectivity index (χ4v) is 3.34. The molecule has 0 aromatic rings. The second kappa shape index (κ2) is 3.30. The smallest absolute Gasteiger partial charge is 0.150 e. The summed E-state index contributed by atoms with van der Waals surface area (Å²) >= 11 is 0. The summed E-state index contributed by atoms with van der Waals surface area (Å²) in [5.74, 6) is -0.296. The Morgan fingerprint density at radius 3 is 2.50 bits per heavy atom. The predicted octanol–water partition coefficient (Wildman–Crippen LogP) is 0.106. The molecule has 1 fully saturated rings. The molecular formula is C7H14FNO2S. The maximum atomic E-state index is 13.2. The zero-order valence-electron chi connectivity index (χ0n) is 7.03. The standard InChI is InChI=1S/C7H14FNO2S/c1-5(9)7(8)6-2-3-12(10,11)4-6/h5-7H,2-4,9H2,1H3. The molecule has 0 aromatic heterocycles. The Hall–Kier alpha value is -0.160. The van der Waals surface area contributed by atoms with Crippen molar-refractivity contribution in [3.05, 3.63) is 0 Å². The molecule has 1 aliphatic heterocycles. The van der Waals surface area contributed by atoms with Crippen LogP contribution in [0.3, 0.4) is 0 Å². The van der Waals surface area contributed by atoms with Crippen molar-refractivity contribution in [3.8, 4) is 0 Å². The van der Waals surface area contributed by atoms with Gasteiger partial charge in [-0.1, -0.05) is 0 Å². The summed E-state index contributed by atoms with van der Waals surface area (Å²) in [6.07, 6.45) is -0.757. The first kappa shape index (κ1) is 9.92. The number of hydrogen-bond acceptors (Lipinski definition) is 3. The topological polar surface area (TPSA) is 60.2 Å². The first-order valence-corrected chi connectivity index (χ1v) is 5.84. The van der Waals surface area contributed by atoms with Crippen LogP contribution in [-0.4, -0.2) is 32.1 Å². The van der Waals surface area contributed by atoms with Gasteiger partial charge in [-0.2, -0.15) is 0 Å². The summed E-state index contributed by atoms with van der Waals surface area (Å²) in [6.45, 7) is 1.57. The van der Waals surface area contributed by atoms with Gasteiger partial charge in [0.05, 0.1) is 11.5 Å². The largest absolute Gasteiger partial charge is 0.325 e. The van der Waals surface area contributed by atoms with E-state index in [0.717, 1.165) is 0 Å². The summed E-state index contributed by atoms with van der Waals surface area (Å²) in [4.78, 5) is 0. The molecule has 3 nitrogen and oxygen atoms in total. The van der Waals surface area contributed by atoms with Gasteiger partial charge in [-0.05, 0) is 13.3 Å². The van der Waals surface area contributed by atoms with E-state index in [0.29, 0.717) is 6.42 Å². The van der Waals surface area contributed by atoms with Crippen molar-refractivity contribution < 1.29 is 12.8 Å². The van der Waals surface area contributed by atoms with Gasteiger partial charge >= 0.3 is 0 Å². The van der Waals surface area contributed by atoms with E-state index in [1.54, 1.807) is 6.92 Å². The molecule has 0 amide bonds. The average molecular weight is 195 g/mol. The third-order valence-corrected chi connectivity index (χ3v) is 4.01. The van der Waals surface area contributed by atoms with Crippen molar-refractivity contribution in [2.45, 2.75) is 25.6 Å². The van der Waals surface area contributed by atoms with Crippen LogP contribution in [-0.2, 0) is 9.84 Å². The van der Waals surface area contributed by atoms with E-state index in [2.05, 4.69) is 0 Å². The summed E-state index contributed by atoms with van der Waals surface area (Å²) in [6, 6.07) is -0.566. The van der Waals surface area contributed by atoms with E-state index in [4.69, 9.17) is 5.73 Å². The van der Waals surface area contributed by atoms with Gasteiger partial charge in [0.15, 0.2) is 9.84 Å². The second-order valence-electron chi connectivity index (χ2n) is 3.47. The van der Waals surface area contributed by atoms with Crippen LogP contribution in [0.25, 0.3) is 0 Å². The zero-order valence-corrected chi connectivity index (χ0v) is 7.85. The van der Waals surface area contributed by atoms with E-state index < -0.39 is 22.1 Å². The van der Waals surface area contributed by atoms with Crippen LogP contribution in [0.2, 0.25) is 0 Å². The van der Waals surface area contributed by atoms with Gasteiger partial charge < -0.3 is 5.73 Å². The van der Waals surface area contributed by atoms with Gasteiger partial charge in [0.25, 0.3) is 0 Å². The number of alkyl halides is 1. The highest BCUT2D eigenvalue weighted by Gasteiger charge is 2.35. The summed E-state index contributed by atoms with van der Waals surface area (Å²) in [5, 5.41) is 0. The Labute approximate surface area is 72.1 Å². The highest BCUT2D eigenvalue weighted by molar-refractivity contribution is 7.91. The lowest BCUT2D eigenvalue weighted by Gasteiger charge is -2.17. The molecule has 0 aromatic carbocycles. The third kappa shape index (κ3) is 2.17. The van der Waals surface area contributed by atoms with Gasteiger partial charge in [-0.15, -0.1) is 0 Å². The van der Waals surface area contributed by atoms with Gasteiger partial charge in [0.2, 0.25) is 0 Å². The predicted molar refractivity (Wildman–Crippen MR) is 45.3 cm³/mol. The summed E-state index contributed by atoms with van der Waals surface area (Å²) < 4.78 is 35.1. The average Bonchev–Trinajstić information content (AvgIpc) is 2.28. The van der Waals surface area contributed by atoms with Crippen LogP contribution in [0.5, 0.6) is 0 Å². The van der Waals surface area contributed by atoms with E-state index in [1.165, 1.54) is 0 Å². The summed E-state index contributed by atoms with van der Waals surface area (Å²) in [7, 11) is -2.97. The monoisotopic (exact) mass is 195 g/mol. The maximum Gasteiger partial charge on any atom is 0.150 e. The van der Waals surface area contributed by atoms with E-state index in [1.807, 2.05) is 0 Å². The minimum absolute atomic E-state index is 0.0320. The Morgan fingerprint density at radius 1 is 1.58 bits per heavy atom. The van der Waals surface area contributed by atoms with Crippen LogP contribution in [0.4, 0.5) is 4.39 Å². The van der Waals surface area contributed by atoms with Crippen molar-refractivity contribution in [1.29, 1.82) is 0 Å². The second-order valence-corrected chi connectivity index (χ2v) is 5.70. The number of rotatable bonds is 2. The Kier molecular flexibility index (Phi) is 2.73. The van der Waals surface area contributed by atoms with E-state index >= 15 is 0 Å². The van der Waals surface area contributed by atoms with E-state index in [-0.39, 0.29) is 17.4 Å². The van der Waals surface area contributed by atoms with Crippen molar-refractivity contribution in [1.82, 2.24) is 0 Å². The van der Waals surface area contributed by atoms with E-state index in [9.17, 15) is 12.8 Å². The molecule has 1 rings (SSSR count). The molecule has 0 bridgehead atoms. The van der Waals surface area contributed by atoms with Crippen molar-refractivity contribution in [2.24, 2.45) is 11.7 Å². The Balaban J connectivity index is 2.58. The van der Waals surface area contributed by atoms with Crippen LogP contribution in [0, 0.1) is 5.92 Å². The minimum atomic E-state index is -2.97. The normalized spacial score (nSPS) is 33.1. The van der Waals surface area contributed by atoms with Crippen molar-refractivity contribution >= 4 is 9.84 Å². The van der Waals surface area contributed by atoms with Crippen molar-refractivity contribution in [3.63, 3.8) is 0 Å². The lowest BCUT2D eigenvalue weighted by molar-refractivity contribution is 0.214. The van der Waals surface area contributed by atoms with Crippen LogP contribution >= 0.6 is 0 Å². The Morgan fingerprint density at radius 2 is 2.17 bits per heavy atom. The molecule has 12 heavy (non-hydrogen) atoms. The van der Waals surface area contributed by atoms with Crippen LogP contribution in [0.1, 0.15) is 13.3 Å². The molecule has 1 aliphatic rings. The number of sulfone groups is 1. The zero-order chi connectivity index (χ0) is 9.35. The molecule has 3 unspecified atom stereocenters. The van der Waals surface area contributed by atoms with Gasteiger partial charge in [0, 0.05) is 12.0 Å². The number of halogens is 1. The van der Waals surface area contributed by atoms with Crippen molar-refractivity contribution in [2.75, 3.05) is 11.5 Å². The highest BCUT2D eigenvalue weighted by Crippen LogP contribution is 2.24. The highest BCUT2D eigenvalue weighted by atomic mass is 32.2. The quantitative estimate of drug-likeness (QED) is 0.680. The first-order chi connectivity index (χ1) is 5.42. The fraction of sp³-hybridized carbons (Fsp3) is 1.00. The molecule has 5 heteroatoms. The number of nitrogens with two attached hydrogens (primary N) is 1. The summed E-state index contributed by atoms with van der Waals surface area (Å²) in [5.41, 5.74) is 5.33. The molecule has 1 saturated heterocycles. The lowest BCUT2D eigenvalue weighted by atomic mass is 9.99. The maximum absolute atomic E-state index is 13.2. The molecule has 0 aliphatic carbocycles. The van der Waals surface area contributed by atoms with Gasteiger partial charge in [-0.3, -0.25) is 0 Å². The molecule has 2 N–H and O–H groups in total. The lowest BCUT2D eigenvalue weighted by Crippen LogP contribution is -2.34. The van der Waals surface area contributed by atoms with Gasteiger partial charge in [0.1, 0.15) is 6.17 Å². The molecule has 0 spiro atoms. The molecule has 72 valence electrons. The fourth-order valence-electron chi connectivity index (χ4n) is 1.50. The van der Waals surface area contributed by atoms with Crippen LogP contribution < -0.4 is 5.73 Å².